The summed E-state index contributed by atoms with van der Waals surface area (Å²) < 4.78 is 0. The SMILES string of the molecule is Cc1ccc(Cc2ccc(NC(=O)C3CCC4C(=O)N(C)C(=O)C4C3)cc2)cc1. The van der Waals surface area contributed by atoms with Crippen molar-refractivity contribution in [1.82, 2.24) is 4.90 Å². The predicted octanol–water partition coefficient (Wildman–Crippen LogP) is 3.56. The molecule has 150 valence electrons. The summed E-state index contributed by atoms with van der Waals surface area (Å²) in [5.41, 5.74) is 4.45. The summed E-state index contributed by atoms with van der Waals surface area (Å²) in [5, 5.41) is 2.98. The molecule has 0 radical (unpaired) electrons. The maximum Gasteiger partial charge on any atom is 0.232 e. The lowest BCUT2D eigenvalue weighted by atomic mass is 9.75. The summed E-state index contributed by atoms with van der Waals surface area (Å²) >= 11 is 0. The lowest BCUT2D eigenvalue weighted by Crippen LogP contribution is -2.33. The number of amides is 3. The maximum atomic E-state index is 12.7. The number of imide groups is 1. The van der Waals surface area contributed by atoms with Gasteiger partial charge in [0.25, 0.3) is 0 Å². The van der Waals surface area contributed by atoms with Crippen molar-refractivity contribution in [3.8, 4) is 0 Å². The van der Waals surface area contributed by atoms with Crippen LogP contribution in [0.4, 0.5) is 5.69 Å². The third kappa shape index (κ3) is 3.95. The largest absolute Gasteiger partial charge is 0.326 e. The highest BCUT2D eigenvalue weighted by atomic mass is 16.2. The van der Waals surface area contributed by atoms with Crippen LogP contribution in [-0.4, -0.2) is 29.7 Å². The fourth-order valence-corrected chi connectivity index (χ4v) is 4.48. The number of anilines is 1. The van der Waals surface area contributed by atoms with Crippen LogP contribution in [0.2, 0.25) is 0 Å². The molecule has 2 aromatic carbocycles. The van der Waals surface area contributed by atoms with Gasteiger partial charge in [0.15, 0.2) is 0 Å². The lowest BCUT2D eigenvalue weighted by molar-refractivity contribution is -0.138. The van der Waals surface area contributed by atoms with Crippen LogP contribution in [0.15, 0.2) is 48.5 Å². The molecule has 5 nitrogen and oxygen atoms in total. The first-order valence-corrected chi connectivity index (χ1v) is 10.2. The standard InChI is InChI=1S/C24H26N2O3/c1-15-3-5-16(6-4-15)13-17-7-10-19(11-8-17)25-22(27)18-9-12-20-21(14-18)24(29)26(2)23(20)28/h3-8,10-11,18,20-21H,9,12-14H2,1-2H3,(H,25,27). The number of benzene rings is 2. The predicted molar refractivity (Wildman–Crippen MR) is 111 cm³/mol. The molecule has 1 saturated carbocycles. The Hall–Kier alpha value is -2.95. The van der Waals surface area contributed by atoms with Gasteiger partial charge in [-0.1, -0.05) is 42.0 Å². The normalized spacial score (nSPS) is 23.8. The summed E-state index contributed by atoms with van der Waals surface area (Å²) in [5.74, 6) is -1.11. The van der Waals surface area contributed by atoms with E-state index in [1.54, 1.807) is 0 Å². The van der Waals surface area contributed by atoms with E-state index in [2.05, 4.69) is 36.5 Å². The van der Waals surface area contributed by atoms with Crippen molar-refractivity contribution in [2.45, 2.75) is 32.6 Å². The molecule has 5 heteroatoms. The average molecular weight is 390 g/mol. The van der Waals surface area contributed by atoms with E-state index < -0.39 is 0 Å². The topological polar surface area (TPSA) is 66.5 Å². The van der Waals surface area contributed by atoms with Crippen molar-refractivity contribution in [2.24, 2.45) is 17.8 Å². The summed E-state index contributed by atoms with van der Waals surface area (Å²) in [7, 11) is 1.54. The molecule has 1 saturated heterocycles. The molecule has 1 heterocycles. The van der Waals surface area contributed by atoms with Gasteiger partial charge in [0, 0.05) is 18.7 Å². The second-order valence-corrected chi connectivity index (χ2v) is 8.31. The molecule has 2 aromatic rings. The molecule has 3 amide bonds. The van der Waals surface area contributed by atoms with E-state index in [1.807, 2.05) is 24.3 Å². The number of likely N-dealkylation sites (tertiary alicyclic amines) is 1. The second-order valence-electron chi connectivity index (χ2n) is 8.31. The van der Waals surface area contributed by atoms with Gasteiger partial charge in [-0.2, -0.15) is 0 Å². The van der Waals surface area contributed by atoms with Crippen LogP contribution in [0.25, 0.3) is 0 Å². The Labute approximate surface area is 171 Å². The quantitative estimate of drug-likeness (QED) is 0.812. The molecule has 0 spiro atoms. The van der Waals surface area contributed by atoms with E-state index in [4.69, 9.17) is 0 Å². The molecule has 4 rings (SSSR count). The Morgan fingerprint density at radius 1 is 0.931 bits per heavy atom. The first-order chi connectivity index (χ1) is 13.9. The Morgan fingerprint density at radius 2 is 1.52 bits per heavy atom. The van der Waals surface area contributed by atoms with Gasteiger partial charge in [-0.3, -0.25) is 19.3 Å². The minimum atomic E-state index is -0.339. The fraction of sp³-hybridized carbons (Fsp3) is 0.375. The van der Waals surface area contributed by atoms with Crippen LogP contribution in [0.1, 0.15) is 36.0 Å². The molecular weight excluding hydrogens is 364 g/mol. The molecule has 0 bridgehead atoms. The van der Waals surface area contributed by atoms with Crippen molar-refractivity contribution >= 4 is 23.4 Å². The number of aryl methyl sites for hydroxylation is 1. The minimum Gasteiger partial charge on any atom is -0.326 e. The Morgan fingerprint density at radius 3 is 2.17 bits per heavy atom. The Bertz CT molecular complexity index is 934. The van der Waals surface area contributed by atoms with Gasteiger partial charge < -0.3 is 5.32 Å². The number of fused-ring (bicyclic) bond motifs is 1. The van der Waals surface area contributed by atoms with E-state index in [0.29, 0.717) is 19.3 Å². The summed E-state index contributed by atoms with van der Waals surface area (Å²) in [6, 6.07) is 16.4. The van der Waals surface area contributed by atoms with Crippen LogP contribution in [0, 0.1) is 24.7 Å². The number of rotatable bonds is 4. The van der Waals surface area contributed by atoms with Crippen LogP contribution in [-0.2, 0) is 20.8 Å². The van der Waals surface area contributed by atoms with Gasteiger partial charge >= 0.3 is 0 Å². The molecule has 1 aliphatic heterocycles. The monoisotopic (exact) mass is 390 g/mol. The molecule has 1 aliphatic carbocycles. The second kappa shape index (κ2) is 7.82. The van der Waals surface area contributed by atoms with E-state index in [9.17, 15) is 14.4 Å². The highest BCUT2D eigenvalue weighted by molar-refractivity contribution is 6.05. The summed E-state index contributed by atoms with van der Waals surface area (Å²) in [6.07, 6.45) is 2.55. The van der Waals surface area contributed by atoms with E-state index in [1.165, 1.54) is 28.6 Å². The molecular formula is C24H26N2O3. The van der Waals surface area contributed by atoms with Gasteiger partial charge in [0.2, 0.25) is 17.7 Å². The molecule has 2 aliphatic rings. The highest BCUT2D eigenvalue weighted by Gasteiger charge is 2.49. The average Bonchev–Trinajstić information content (AvgIpc) is 2.95. The highest BCUT2D eigenvalue weighted by Crippen LogP contribution is 2.40. The first-order valence-electron chi connectivity index (χ1n) is 10.2. The van der Waals surface area contributed by atoms with E-state index in [0.717, 1.165) is 12.1 Å². The molecule has 0 aromatic heterocycles. The number of nitrogens with one attached hydrogen (secondary N) is 1. The number of hydrogen-bond acceptors (Lipinski definition) is 3. The van der Waals surface area contributed by atoms with Gasteiger partial charge in [0.1, 0.15) is 0 Å². The third-order valence-electron chi connectivity index (χ3n) is 6.27. The van der Waals surface area contributed by atoms with Crippen molar-refractivity contribution in [1.29, 1.82) is 0 Å². The zero-order valence-corrected chi connectivity index (χ0v) is 16.9. The van der Waals surface area contributed by atoms with Crippen molar-refractivity contribution < 1.29 is 14.4 Å². The van der Waals surface area contributed by atoms with Crippen LogP contribution in [0.3, 0.4) is 0 Å². The fourth-order valence-electron chi connectivity index (χ4n) is 4.48. The van der Waals surface area contributed by atoms with E-state index >= 15 is 0 Å². The van der Waals surface area contributed by atoms with E-state index in [-0.39, 0.29) is 35.5 Å². The van der Waals surface area contributed by atoms with Crippen LogP contribution < -0.4 is 5.32 Å². The molecule has 3 atom stereocenters. The third-order valence-corrected chi connectivity index (χ3v) is 6.27. The summed E-state index contributed by atoms with van der Waals surface area (Å²) in [6.45, 7) is 2.08. The van der Waals surface area contributed by atoms with Gasteiger partial charge in [-0.25, -0.2) is 0 Å². The lowest BCUT2D eigenvalue weighted by Gasteiger charge is -2.27. The molecule has 1 N–H and O–H groups in total. The van der Waals surface area contributed by atoms with Crippen molar-refractivity contribution in [3.63, 3.8) is 0 Å². The Kier molecular flexibility index (Phi) is 5.22. The number of carbonyl (C=O) groups excluding carboxylic acids is 3. The first kappa shape index (κ1) is 19.4. The zero-order valence-electron chi connectivity index (χ0n) is 16.9. The zero-order chi connectivity index (χ0) is 20.5. The summed E-state index contributed by atoms with van der Waals surface area (Å²) in [4.78, 5) is 38.3. The minimum absolute atomic E-state index is 0.0652. The number of carbonyl (C=O) groups is 3. The molecule has 3 unspecified atom stereocenters. The van der Waals surface area contributed by atoms with Crippen molar-refractivity contribution in [2.75, 3.05) is 12.4 Å². The smallest absolute Gasteiger partial charge is 0.232 e. The molecule has 29 heavy (non-hydrogen) atoms. The van der Waals surface area contributed by atoms with Crippen LogP contribution >= 0.6 is 0 Å². The number of hydrogen-bond donors (Lipinski definition) is 1. The maximum absolute atomic E-state index is 12.7. The molecule has 2 fully saturated rings. The van der Waals surface area contributed by atoms with Gasteiger partial charge in [0.05, 0.1) is 11.8 Å². The van der Waals surface area contributed by atoms with Gasteiger partial charge in [-0.05, 0) is 55.9 Å². The van der Waals surface area contributed by atoms with Gasteiger partial charge in [-0.15, -0.1) is 0 Å². The Balaban J connectivity index is 1.36. The van der Waals surface area contributed by atoms with Crippen molar-refractivity contribution in [3.05, 3.63) is 65.2 Å². The number of nitrogens with zero attached hydrogens (tertiary/aromatic N) is 1. The van der Waals surface area contributed by atoms with Crippen LogP contribution in [0.5, 0.6) is 0 Å².